The molecule has 0 radical (unpaired) electrons. The van der Waals surface area contributed by atoms with Crippen LogP contribution in [0.1, 0.15) is 33.5 Å². The van der Waals surface area contributed by atoms with Gasteiger partial charge in [-0.1, -0.05) is 6.92 Å². The zero-order valence-electron chi connectivity index (χ0n) is 12.4. The van der Waals surface area contributed by atoms with Gasteiger partial charge in [0.2, 0.25) is 5.91 Å². The Morgan fingerprint density at radius 2 is 1.91 bits per heavy atom. The third-order valence-corrected chi connectivity index (χ3v) is 3.81. The maximum absolute atomic E-state index is 11.9. The van der Waals surface area contributed by atoms with E-state index < -0.39 is 0 Å². The molecule has 0 unspecified atom stereocenters. The maximum atomic E-state index is 11.9. The SMILES string of the molecule is CCC(=O)Nc1ccc(C(=O)N/N=C/c2ccc(C)s2)cc1. The van der Waals surface area contributed by atoms with E-state index in [1.54, 1.807) is 48.7 Å². The lowest BCUT2D eigenvalue weighted by Crippen LogP contribution is -2.17. The van der Waals surface area contributed by atoms with Crippen LogP contribution in [0.25, 0.3) is 0 Å². The number of nitrogens with one attached hydrogen (secondary N) is 2. The molecule has 0 atom stereocenters. The van der Waals surface area contributed by atoms with Gasteiger partial charge >= 0.3 is 0 Å². The normalized spacial score (nSPS) is 10.6. The van der Waals surface area contributed by atoms with Crippen molar-refractivity contribution >= 4 is 35.1 Å². The summed E-state index contributed by atoms with van der Waals surface area (Å²) >= 11 is 1.60. The molecule has 22 heavy (non-hydrogen) atoms. The summed E-state index contributed by atoms with van der Waals surface area (Å²) < 4.78 is 0. The van der Waals surface area contributed by atoms with Gasteiger partial charge in [-0.15, -0.1) is 11.3 Å². The number of carbonyl (C=O) groups is 2. The molecule has 0 aliphatic rings. The highest BCUT2D eigenvalue weighted by Crippen LogP contribution is 2.12. The highest BCUT2D eigenvalue weighted by Gasteiger charge is 2.05. The number of hydrazone groups is 1. The molecule has 114 valence electrons. The van der Waals surface area contributed by atoms with Gasteiger partial charge in [-0.2, -0.15) is 5.10 Å². The lowest BCUT2D eigenvalue weighted by molar-refractivity contribution is -0.115. The predicted octanol–water partition coefficient (Wildman–Crippen LogP) is 3.17. The van der Waals surface area contributed by atoms with E-state index in [2.05, 4.69) is 15.8 Å². The van der Waals surface area contributed by atoms with Crippen LogP contribution in [-0.4, -0.2) is 18.0 Å². The quantitative estimate of drug-likeness (QED) is 0.657. The summed E-state index contributed by atoms with van der Waals surface area (Å²) in [6, 6.07) is 10.6. The molecular weight excluding hydrogens is 298 g/mol. The average molecular weight is 315 g/mol. The average Bonchev–Trinajstić information content (AvgIpc) is 2.93. The van der Waals surface area contributed by atoms with Gasteiger partial charge in [0, 0.05) is 27.4 Å². The van der Waals surface area contributed by atoms with Crippen LogP contribution >= 0.6 is 11.3 Å². The van der Waals surface area contributed by atoms with Crippen molar-refractivity contribution in [1.82, 2.24) is 5.43 Å². The number of hydrogen-bond donors (Lipinski definition) is 2. The lowest BCUT2D eigenvalue weighted by Gasteiger charge is -2.04. The van der Waals surface area contributed by atoms with Crippen LogP contribution in [0.5, 0.6) is 0 Å². The summed E-state index contributed by atoms with van der Waals surface area (Å²) in [6.45, 7) is 3.80. The van der Waals surface area contributed by atoms with Gasteiger partial charge in [0.1, 0.15) is 0 Å². The molecular formula is C16H17N3O2S. The number of benzene rings is 1. The van der Waals surface area contributed by atoms with Crippen molar-refractivity contribution in [3.05, 3.63) is 51.7 Å². The van der Waals surface area contributed by atoms with Gasteiger partial charge in [0.15, 0.2) is 0 Å². The number of rotatable bonds is 5. The molecule has 2 N–H and O–H groups in total. The van der Waals surface area contributed by atoms with Crippen molar-refractivity contribution < 1.29 is 9.59 Å². The van der Waals surface area contributed by atoms with E-state index in [4.69, 9.17) is 0 Å². The molecule has 0 fully saturated rings. The molecule has 1 aromatic heterocycles. The van der Waals surface area contributed by atoms with E-state index in [1.165, 1.54) is 4.88 Å². The Bertz CT molecular complexity index is 690. The number of thiophene rings is 1. The number of hydrogen-bond acceptors (Lipinski definition) is 4. The zero-order chi connectivity index (χ0) is 15.9. The largest absolute Gasteiger partial charge is 0.326 e. The van der Waals surface area contributed by atoms with Gasteiger partial charge in [-0.25, -0.2) is 5.43 Å². The second-order valence-electron chi connectivity index (χ2n) is 4.63. The van der Waals surface area contributed by atoms with Gasteiger partial charge in [-0.3, -0.25) is 9.59 Å². The summed E-state index contributed by atoms with van der Waals surface area (Å²) in [6.07, 6.45) is 2.03. The molecule has 0 saturated heterocycles. The Morgan fingerprint density at radius 1 is 1.18 bits per heavy atom. The van der Waals surface area contributed by atoms with Crippen LogP contribution in [0, 0.1) is 6.92 Å². The van der Waals surface area contributed by atoms with Crippen molar-refractivity contribution in [3.63, 3.8) is 0 Å². The molecule has 2 aromatic rings. The second kappa shape index (κ2) is 7.51. The number of anilines is 1. The minimum Gasteiger partial charge on any atom is -0.326 e. The smallest absolute Gasteiger partial charge is 0.271 e. The van der Waals surface area contributed by atoms with Crippen LogP contribution < -0.4 is 10.7 Å². The number of amides is 2. The molecule has 1 aromatic carbocycles. The summed E-state index contributed by atoms with van der Waals surface area (Å²) in [5.41, 5.74) is 3.63. The summed E-state index contributed by atoms with van der Waals surface area (Å²) in [4.78, 5) is 25.4. The molecule has 2 amide bonds. The van der Waals surface area contributed by atoms with Gasteiger partial charge in [-0.05, 0) is 43.3 Å². The summed E-state index contributed by atoms with van der Waals surface area (Å²) in [5, 5.41) is 6.66. The van der Waals surface area contributed by atoms with E-state index in [1.807, 2.05) is 19.1 Å². The number of aryl methyl sites for hydroxylation is 1. The first-order chi connectivity index (χ1) is 10.6. The van der Waals surface area contributed by atoms with Crippen LogP contribution in [0.4, 0.5) is 5.69 Å². The van der Waals surface area contributed by atoms with Crippen LogP contribution in [-0.2, 0) is 4.79 Å². The Kier molecular flexibility index (Phi) is 5.43. The highest BCUT2D eigenvalue weighted by molar-refractivity contribution is 7.13. The topological polar surface area (TPSA) is 70.6 Å². The van der Waals surface area contributed by atoms with Gasteiger partial charge in [0.25, 0.3) is 5.91 Å². The molecule has 5 nitrogen and oxygen atoms in total. The molecule has 0 aliphatic heterocycles. The van der Waals surface area contributed by atoms with Crippen molar-refractivity contribution in [3.8, 4) is 0 Å². The Hall–Kier alpha value is -2.47. The minimum absolute atomic E-state index is 0.0620. The van der Waals surface area contributed by atoms with Crippen molar-refractivity contribution in [2.75, 3.05) is 5.32 Å². The molecule has 0 bridgehead atoms. The van der Waals surface area contributed by atoms with E-state index in [0.29, 0.717) is 17.7 Å². The second-order valence-corrected chi connectivity index (χ2v) is 5.95. The predicted molar refractivity (Wildman–Crippen MR) is 89.5 cm³/mol. The Balaban J connectivity index is 1.92. The minimum atomic E-state index is -0.294. The van der Waals surface area contributed by atoms with Crippen molar-refractivity contribution in [1.29, 1.82) is 0 Å². The van der Waals surface area contributed by atoms with E-state index in [-0.39, 0.29) is 11.8 Å². The van der Waals surface area contributed by atoms with Gasteiger partial charge in [0.05, 0.1) is 6.21 Å². The first-order valence-electron chi connectivity index (χ1n) is 6.88. The fraction of sp³-hybridized carbons (Fsp3) is 0.188. The van der Waals surface area contributed by atoms with Crippen molar-refractivity contribution in [2.45, 2.75) is 20.3 Å². The first kappa shape index (κ1) is 15.9. The lowest BCUT2D eigenvalue weighted by atomic mass is 10.2. The number of nitrogens with zero attached hydrogens (tertiary/aromatic N) is 1. The standard InChI is InChI=1S/C16H17N3O2S/c1-3-15(20)18-13-7-5-12(6-8-13)16(21)19-17-10-14-9-4-11(2)22-14/h4-10H,3H2,1-2H3,(H,18,20)(H,19,21)/b17-10+. The summed E-state index contributed by atoms with van der Waals surface area (Å²) in [5.74, 6) is -0.356. The van der Waals surface area contributed by atoms with E-state index in [0.717, 1.165) is 4.88 Å². The fourth-order valence-electron chi connectivity index (χ4n) is 1.70. The van der Waals surface area contributed by atoms with Crippen LogP contribution in [0.3, 0.4) is 0 Å². The van der Waals surface area contributed by atoms with Crippen LogP contribution in [0.15, 0.2) is 41.5 Å². The highest BCUT2D eigenvalue weighted by atomic mass is 32.1. The zero-order valence-corrected chi connectivity index (χ0v) is 13.2. The molecule has 0 saturated carbocycles. The van der Waals surface area contributed by atoms with Crippen LogP contribution in [0.2, 0.25) is 0 Å². The third-order valence-electron chi connectivity index (χ3n) is 2.87. The first-order valence-corrected chi connectivity index (χ1v) is 7.70. The maximum Gasteiger partial charge on any atom is 0.271 e. The van der Waals surface area contributed by atoms with Gasteiger partial charge < -0.3 is 5.32 Å². The molecule has 6 heteroatoms. The number of carbonyl (C=O) groups excluding carboxylic acids is 2. The molecule has 2 rings (SSSR count). The Labute approximate surface area is 133 Å². The van der Waals surface area contributed by atoms with E-state index >= 15 is 0 Å². The molecule has 1 heterocycles. The van der Waals surface area contributed by atoms with Crippen molar-refractivity contribution in [2.24, 2.45) is 5.10 Å². The van der Waals surface area contributed by atoms with E-state index in [9.17, 15) is 9.59 Å². The fourth-order valence-corrected chi connectivity index (χ4v) is 2.45. The molecule has 0 aliphatic carbocycles. The monoisotopic (exact) mass is 315 g/mol. The summed E-state index contributed by atoms with van der Waals surface area (Å²) in [7, 11) is 0. The third kappa shape index (κ3) is 4.53. The Morgan fingerprint density at radius 3 is 2.50 bits per heavy atom. The molecule has 0 spiro atoms.